The minimum absolute atomic E-state index is 0.205. The molecule has 2 atom stereocenters. The molecule has 1 saturated heterocycles. The van der Waals surface area contributed by atoms with Gasteiger partial charge >= 0.3 is 0 Å². The minimum Gasteiger partial charge on any atom is -0.373 e. The van der Waals surface area contributed by atoms with Crippen LogP contribution in [0.2, 0.25) is 0 Å². The zero-order chi connectivity index (χ0) is 14.7. The first-order valence-electron chi connectivity index (χ1n) is 7.53. The number of nitrogens with two attached hydrogens (primary N) is 1. The van der Waals surface area contributed by atoms with Crippen LogP contribution < -0.4 is 10.6 Å². The summed E-state index contributed by atoms with van der Waals surface area (Å²) in [6.45, 7) is 7.23. The molecule has 3 nitrogen and oxygen atoms in total. The van der Waals surface area contributed by atoms with Crippen molar-refractivity contribution in [2.45, 2.75) is 38.8 Å². The third-order valence-electron chi connectivity index (χ3n) is 4.29. The molecule has 1 aliphatic heterocycles. The van der Waals surface area contributed by atoms with Crippen molar-refractivity contribution in [2.75, 3.05) is 31.6 Å². The summed E-state index contributed by atoms with van der Waals surface area (Å²) in [7, 11) is 2.03. The van der Waals surface area contributed by atoms with Crippen molar-refractivity contribution in [1.29, 1.82) is 0 Å². The Hall–Kier alpha value is -1.13. The lowest BCUT2D eigenvalue weighted by molar-refractivity contribution is 0.270. The van der Waals surface area contributed by atoms with E-state index in [2.05, 4.69) is 16.7 Å². The lowest BCUT2D eigenvalue weighted by atomic mass is 10.0. The highest BCUT2D eigenvalue weighted by atomic mass is 19.1. The molecule has 0 spiro atoms. The van der Waals surface area contributed by atoms with Gasteiger partial charge in [-0.05, 0) is 45.0 Å². The molecule has 2 N–H and O–H groups in total. The SMILES string of the molecule is CCN1CCCC1CN(C)c1cccc(F)c1[C@@H](C)N. The summed E-state index contributed by atoms with van der Waals surface area (Å²) in [5.41, 5.74) is 7.48. The number of benzene rings is 1. The molecule has 1 aromatic carbocycles. The Balaban J connectivity index is 2.17. The van der Waals surface area contributed by atoms with Crippen molar-refractivity contribution in [1.82, 2.24) is 4.90 Å². The number of halogens is 1. The molecule has 0 saturated carbocycles. The molecule has 2 rings (SSSR count). The van der Waals surface area contributed by atoms with E-state index < -0.39 is 0 Å². The van der Waals surface area contributed by atoms with E-state index in [0.717, 1.165) is 18.8 Å². The normalized spacial score (nSPS) is 21.1. The van der Waals surface area contributed by atoms with Gasteiger partial charge in [0.1, 0.15) is 5.82 Å². The van der Waals surface area contributed by atoms with Gasteiger partial charge in [0.2, 0.25) is 0 Å². The Kier molecular flexibility index (Phi) is 5.00. The van der Waals surface area contributed by atoms with Crippen molar-refractivity contribution in [3.63, 3.8) is 0 Å². The second kappa shape index (κ2) is 6.55. The van der Waals surface area contributed by atoms with Gasteiger partial charge in [0.05, 0.1) is 0 Å². The third kappa shape index (κ3) is 3.13. The minimum atomic E-state index is -0.292. The lowest BCUT2D eigenvalue weighted by Crippen LogP contribution is -2.39. The molecule has 0 aromatic heterocycles. The summed E-state index contributed by atoms with van der Waals surface area (Å²) in [5, 5.41) is 0. The molecular formula is C16H26FN3. The summed E-state index contributed by atoms with van der Waals surface area (Å²) >= 11 is 0. The fourth-order valence-electron chi connectivity index (χ4n) is 3.24. The standard InChI is InChI=1S/C16H26FN3/c1-4-20-10-6-7-13(20)11-19(3)15-9-5-8-14(17)16(15)12(2)18/h5,8-9,12-13H,4,6-7,10-11,18H2,1-3H3/t12-,13?/m1/s1. The van der Waals surface area contributed by atoms with Crippen molar-refractivity contribution in [2.24, 2.45) is 5.73 Å². The van der Waals surface area contributed by atoms with Gasteiger partial charge in [0.25, 0.3) is 0 Å². The zero-order valence-electron chi connectivity index (χ0n) is 12.8. The van der Waals surface area contributed by atoms with Crippen LogP contribution in [0.1, 0.15) is 38.3 Å². The Morgan fingerprint density at radius 2 is 2.25 bits per heavy atom. The van der Waals surface area contributed by atoms with Gasteiger partial charge in [-0.2, -0.15) is 0 Å². The maximum absolute atomic E-state index is 14.0. The van der Waals surface area contributed by atoms with E-state index in [0.29, 0.717) is 11.6 Å². The summed E-state index contributed by atoms with van der Waals surface area (Å²) in [4.78, 5) is 4.65. The highest BCUT2D eigenvalue weighted by molar-refractivity contribution is 5.55. The predicted octanol–water partition coefficient (Wildman–Crippen LogP) is 2.77. The summed E-state index contributed by atoms with van der Waals surface area (Å²) in [6, 6.07) is 5.49. The average molecular weight is 279 g/mol. The van der Waals surface area contributed by atoms with Gasteiger partial charge in [-0.1, -0.05) is 13.0 Å². The van der Waals surface area contributed by atoms with Gasteiger partial charge in [0.15, 0.2) is 0 Å². The van der Waals surface area contributed by atoms with Gasteiger partial charge in [-0.15, -0.1) is 0 Å². The van der Waals surface area contributed by atoms with Crippen molar-refractivity contribution in [3.05, 3.63) is 29.6 Å². The smallest absolute Gasteiger partial charge is 0.130 e. The Morgan fingerprint density at radius 3 is 2.90 bits per heavy atom. The van der Waals surface area contributed by atoms with Crippen LogP contribution in [0.25, 0.3) is 0 Å². The quantitative estimate of drug-likeness (QED) is 0.899. The first-order chi connectivity index (χ1) is 9.54. The molecule has 1 aromatic rings. The highest BCUT2D eigenvalue weighted by Crippen LogP contribution is 2.28. The third-order valence-corrected chi connectivity index (χ3v) is 4.29. The van der Waals surface area contributed by atoms with E-state index in [1.54, 1.807) is 6.07 Å². The van der Waals surface area contributed by atoms with Gasteiger partial charge in [0, 0.05) is 36.9 Å². The molecule has 0 amide bonds. The Labute approximate surface area is 121 Å². The van der Waals surface area contributed by atoms with E-state index >= 15 is 0 Å². The Bertz CT molecular complexity index is 447. The number of rotatable bonds is 5. The predicted molar refractivity (Wildman–Crippen MR) is 82.5 cm³/mol. The van der Waals surface area contributed by atoms with Crippen LogP contribution in [-0.2, 0) is 0 Å². The highest BCUT2D eigenvalue weighted by Gasteiger charge is 2.25. The zero-order valence-corrected chi connectivity index (χ0v) is 12.8. The van der Waals surface area contributed by atoms with E-state index in [4.69, 9.17) is 5.73 Å². The van der Waals surface area contributed by atoms with Crippen molar-refractivity contribution in [3.8, 4) is 0 Å². The van der Waals surface area contributed by atoms with Crippen LogP contribution in [0.15, 0.2) is 18.2 Å². The maximum atomic E-state index is 14.0. The number of nitrogens with zero attached hydrogens (tertiary/aromatic N) is 2. The van der Waals surface area contributed by atoms with Crippen molar-refractivity contribution < 1.29 is 4.39 Å². The molecule has 1 fully saturated rings. The molecule has 4 heteroatoms. The van der Waals surface area contributed by atoms with Crippen LogP contribution in [0, 0.1) is 5.82 Å². The van der Waals surface area contributed by atoms with Crippen LogP contribution in [0.5, 0.6) is 0 Å². The number of hydrogen-bond donors (Lipinski definition) is 1. The number of hydrogen-bond acceptors (Lipinski definition) is 3. The van der Waals surface area contributed by atoms with Crippen LogP contribution in [0.3, 0.4) is 0 Å². The molecule has 112 valence electrons. The molecule has 0 aliphatic carbocycles. The van der Waals surface area contributed by atoms with E-state index in [1.165, 1.54) is 25.5 Å². The van der Waals surface area contributed by atoms with Crippen LogP contribution >= 0.6 is 0 Å². The molecule has 1 unspecified atom stereocenters. The van der Waals surface area contributed by atoms with Gasteiger partial charge in [-0.3, -0.25) is 4.90 Å². The molecular weight excluding hydrogens is 253 g/mol. The lowest BCUT2D eigenvalue weighted by Gasteiger charge is -2.31. The van der Waals surface area contributed by atoms with E-state index in [9.17, 15) is 4.39 Å². The van der Waals surface area contributed by atoms with E-state index in [1.807, 2.05) is 20.0 Å². The molecule has 20 heavy (non-hydrogen) atoms. The first kappa shape index (κ1) is 15.3. The molecule has 0 radical (unpaired) electrons. The van der Waals surface area contributed by atoms with Crippen molar-refractivity contribution >= 4 is 5.69 Å². The number of anilines is 1. The monoisotopic (exact) mass is 279 g/mol. The summed E-state index contributed by atoms with van der Waals surface area (Å²) in [6.07, 6.45) is 2.48. The van der Waals surface area contributed by atoms with E-state index in [-0.39, 0.29) is 11.9 Å². The summed E-state index contributed by atoms with van der Waals surface area (Å²) < 4.78 is 14.0. The topological polar surface area (TPSA) is 32.5 Å². The number of likely N-dealkylation sites (N-methyl/N-ethyl adjacent to an activating group) is 2. The first-order valence-corrected chi connectivity index (χ1v) is 7.53. The van der Waals surface area contributed by atoms with Crippen LogP contribution in [-0.4, -0.2) is 37.6 Å². The second-order valence-electron chi connectivity index (χ2n) is 5.77. The molecule has 0 bridgehead atoms. The fraction of sp³-hybridized carbons (Fsp3) is 0.625. The molecule has 1 heterocycles. The molecule has 1 aliphatic rings. The van der Waals surface area contributed by atoms with Gasteiger partial charge < -0.3 is 10.6 Å². The fourth-order valence-corrected chi connectivity index (χ4v) is 3.24. The maximum Gasteiger partial charge on any atom is 0.130 e. The average Bonchev–Trinajstić information content (AvgIpc) is 2.85. The van der Waals surface area contributed by atoms with Crippen LogP contribution in [0.4, 0.5) is 10.1 Å². The Morgan fingerprint density at radius 1 is 1.50 bits per heavy atom. The number of likely N-dealkylation sites (tertiary alicyclic amines) is 1. The van der Waals surface area contributed by atoms with Gasteiger partial charge in [-0.25, -0.2) is 4.39 Å². The largest absolute Gasteiger partial charge is 0.373 e. The second-order valence-corrected chi connectivity index (χ2v) is 5.77. The summed E-state index contributed by atoms with van der Waals surface area (Å²) in [5.74, 6) is -0.205.